The second-order valence-electron chi connectivity index (χ2n) is 3.85. The van der Waals surface area contributed by atoms with Crippen molar-refractivity contribution in [2.75, 3.05) is 7.11 Å². The van der Waals surface area contributed by atoms with E-state index in [-0.39, 0.29) is 0 Å². The third kappa shape index (κ3) is 3.67. The van der Waals surface area contributed by atoms with Crippen LogP contribution in [0.2, 0.25) is 0 Å². The maximum absolute atomic E-state index is 5.62. The van der Waals surface area contributed by atoms with Crippen LogP contribution in [0.5, 0.6) is 0 Å². The van der Waals surface area contributed by atoms with Gasteiger partial charge in [0.2, 0.25) is 0 Å². The van der Waals surface area contributed by atoms with Gasteiger partial charge in [0.25, 0.3) is 5.95 Å². The fraction of sp³-hybridized carbons (Fsp3) is 0.125. The SMILES string of the molecule is COC(=Cc1ccccc1)OCc1ccccc1. The predicted octanol–water partition coefficient (Wildman–Crippen LogP) is 3.85. The zero-order valence-corrected chi connectivity index (χ0v) is 10.4. The fourth-order valence-electron chi connectivity index (χ4n) is 1.57. The molecule has 0 heterocycles. The van der Waals surface area contributed by atoms with Gasteiger partial charge in [-0.3, -0.25) is 0 Å². The minimum absolute atomic E-state index is 0.507. The molecular weight excluding hydrogens is 224 g/mol. The summed E-state index contributed by atoms with van der Waals surface area (Å²) >= 11 is 0. The topological polar surface area (TPSA) is 18.5 Å². The maximum Gasteiger partial charge on any atom is 0.279 e. The van der Waals surface area contributed by atoms with Gasteiger partial charge in [0, 0.05) is 6.08 Å². The van der Waals surface area contributed by atoms with E-state index < -0.39 is 0 Å². The summed E-state index contributed by atoms with van der Waals surface area (Å²) in [5.74, 6) is 0.519. The first kappa shape index (κ1) is 12.2. The molecule has 18 heavy (non-hydrogen) atoms. The second-order valence-corrected chi connectivity index (χ2v) is 3.85. The van der Waals surface area contributed by atoms with Crippen molar-refractivity contribution in [2.24, 2.45) is 0 Å². The van der Waals surface area contributed by atoms with Gasteiger partial charge >= 0.3 is 0 Å². The van der Waals surface area contributed by atoms with Gasteiger partial charge in [-0.15, -0.1) is 0 Å². The van der Waals surface area contributed by atoms with Crippen LogP contribution in [0.15, 0.2) is 66.6 Å². The summed E-state index contributed by atoms with van der Waals surface area (Å²) < 4.78 is 10.8. The summed E-state index contributed by atoms with van der Waals surface area (Å²) in [6.07, 6.45) is 1.88. The molecule has 0 aliphatic carbocycles. The van der Waals surface area contributed by atoms with Crippen molar-refractivity contribution in [2.45, 2.75) is 6.61 Å². The van der Waals surface area contributed by atoms with Crippen molar-refractivity contribution in [1.82, 2.24) is 0 Å². The molecule has 0 radical (unpaired) electrons. The molecule has 0 fully saturated rings. The smallest absolute Gasteiger partial charge is 0.279 e. The molecule has 2 nitrogen and oxygen atoms in total. The Hall–Kier alpha value is -2.22. The highest BCUT2D eigenvalue weighted by Crippen LogP contribution is 2.11. The molecule has 0 saturated carbocycles. The zero-order chi connectivity index (χ0) is 12.6. The number of methoxy groups -OCH3 is 1. The first-order chi connectivity index (χ1) is 8.88. The van der Waals surface area contributed by atoms with Crippen LogP contribution in [0.4, 0.5) is 0 Å². The van der Waals surface area contributed by atoms with E-state index in [4.69, 9.17) is 9.47 Å². The first-order valence-corrected chi connectivity index (χ1v) is 5.86. The molecule has 0 aliphatic heterocycles. The van der Waals surface area contributed by atoms with Gasteiger partial charge in [-0.05, 0) is 11.1 Å². The highest BCUT2D eigenvalue weighted by atomic mass is 16.7. The number of hydrogen-bond donors (Lipinski definition) is 0. The minimum atomic E-state index is 0.507. The Morgan fingerprint density at radius 1 is 0.944 bits per heavy atom. The molecule has 0 N–H and O–H groups in total. The average molecular weight is 240 g/mol. The van der Waals surface area contributed by atoms with Crippen molar-refractivity contribution < 1.29 is 9.47 Å². The van der Waals surface area contributed by atoms with E-state index in [1.165, 1.54) is 0 Å². The summed E-state index contributed by atoms with van der Waals surface area (Å²) in [6, 6.07) is 20.0. The van der Waals surface area contributed by atoms with Crippen LogP contribution in [0.3, 0.4) is 0 Å². The molecule has 0 atom stereocenters. The Kier molecular flexibility index (Phi) is 4.42. The summed E-state index contributed by atoms with van der Waals surface area (Å²) in [4.78, 5) is 0. The van der Waals surface area contributed by atoms with E-state index in [9.17, 15) is 0 Å². The summed E-state index contributed by atoms with van der Waals surface area (Å²) in [6.45, 7) is 0.507. The van der Waals surface area contributed by atoms with Crippen molar-refractivity contribution in [3.8, 4) is 0 Å². The van der Waals surface area contributed by atoms with Crippen LogP contribution in [-0.4, -0.2) is 7.11 Å². The van der Waals surface area contributed by atoms with E-state index >= 15 is 0 Å². The highest BCUT2D eigenvalue weighted by Gasteiger charge is 1.99. The number of hydrogen-bond acceptors (Lipinski definition) is 2. The number of benzene rings is 2. The lowest BCUT2D eigenvalue weighted by Crippen LogP contribution is -1.95. The van der Waals surface area contributed by atoms with Gasteiger partial charge in [-0.2, -0.15) is 0 Å². The Balaban J connectivity index is 2.00. The van der Waals surface area contributed by atoms with Crippen molar-refractivity contribution in [1.29, 1.82) is 0 Å². The zero-order valence-electron chi connectivity index (χ0n) is 10.4. The van der Waals surface area contributed by atoms with E-state index in [2.05, 4.69) is 0 Å². The lowest BCUT2D eigenvalue weighted by Gasteiger charge is -2.09. The summed E-state index contributed by atoms with van der Waals surface area (Å²) in [5.41, 5.74) is 2.18. The van der Waals surface area contributed by atoms with Gasteiger partial charge in [0.05, 0.1) is 7.11 Å². The molecule has 0 unspecified atom stereocenters. The fourth-order valence-corrected chi connectivity index (χ4v) is 1.57. The summed E-state index contributed by atoms with van der Waals surface area (Å²) in [7, 11) is 1.61. The standard InChI is InChI=1S/C16H16O2/c1-17-16(12-14-8-4-2-5-9-14)18-13-15-10-6-3-7-11-15/h2-12H,13H2,1H3. The van der Waals surface area contributed by atoms with E-state index in [0.29, 0.717) is 12.6 Å². The second kappa shape index (κ2) is 6.50. The quantitative estimate of drug-likeness (QED) is 0.739. The molecule has 92 valence electrons. The van der Waals surface area contributed by atoms with Crippen LogP contribution in [-0.2, 0) is 16.1 Å². The van der Waals surface area contributed by atoms with Crippen LogP contribution >= 0.6 is 0 Å². The molecule has 0 saturated heterocycles. The van der Waals surface area contributed by atoms with Crippen LogP contribution in [0.25, 0.3) is 6.08 Å². The Labute approximate surface area is 107 Å². The lowest BCUT2D eigenvalue weighted by atomic mass is 10.2. The van der Waals surface area contributed by atoms with E-state index in [1.54, 1.807) is 7.11 Å². The molecule has 0 spiro atoms. The van der Waals surface area contributed by atoms with Crippen molar-refractivity contribution >= 4 is 6.08 Å². The Morgan fingerprint density at radius 2 is 1.56 bits per heavy atom. The molecule has 0 bridgehead atoms. The molecule has 2 aromatic rings. The Bertz CT molecular complexity index is 489. The van der Waals surface area contributed by atoms with Gasteiger partial charge < -0.3 is 9.47 Å². The molecule has 0 aromatic heterocycles. The van der Waals surface area contributed by atoms with Crippen molar-refractivity contribution in [3.05, 3.63) is 77.7 Å². The van der Waals surface area contributed by atoms with Gasteiger partial charge in [0.15, 0.2) is 0 Å². The number of ether oxygens (including phenoxy) is 2. The van der Waals surface area contributed by atoms with Crippen LogP contribution < -0.4 is 0 Å². The third-order valence-electron chi connectivity index (χ3n) is 2.51. The first-order valence-electron chi connectivity index (χ1n) is 5.86. The van der Waals surface area contributed by atoms with E-state index in [1.807, 2.05) is 66.7 Å². The molecule has 2 rings (SSSR count). The van der Waals surface area contributed by atoms with Gasteiger partial charge in [-0.25, -0.2) is 0 Å². The molecular formula is C16H16O2. The lowest BCUT2D eigenvalue weighted by molar-refractivity contribution is 0.0570. The predicted molar refractivity (Wildman–Crippen MR) is 72.7 cm³/mol. The van der Waals surface area contributed by atoms with E-state index in [0.717, 1.165) is 11.1 Å². The monoisotopic (exact) mass is 240 g/mol. The molecule has 0 aliphatic rings. The third-order valence-corrected chi connectivity index (χ3v) is 2.51. The Morgan fingerprint density at radius 3 is 2.17 bits per heavy atom. The summed E-state index contributed by atoms with van der Waals surface area (Å²) in [5, 5.41) is 0. The minimum Gasteiger partial charge on any atom is -0.469 e. The number of rotatable bonds is 5. The van der Waals surface area contributed by atoms with Crippen molar-refractivity contribution in [3.63, 3.8) is 0 Å². The maximum atomic E-state index is 5.62. The molecule has 2 aromatic carbocycles. The molecule has 0 amide bonds. The van der Waals surface area contributed by atoms with Gasteiger partial charge in [-0.1, -0.05) is 60.7 Å². The van der Waals surface area contributed by atoms with Crippen LogP contribution in [0.1, 0.15) is 11.1 Å². The molecule has 2 heteroatoms. The largest absolute Gasteiger partial charge is 0.469 e. The normalized spacial score (nSPS) is 11.1. The van der Waals surface area contributed by atoms with Crippen LogP contribution in [0, 0.1) is 0 Å². The van der Waals surface area contributed by atoms with Gasteiger partial charge in [0.1, 0.15) is 6.61 Å². The highest BCUT2D eigenvalue weighted by molar-refractivity contribution is 5.49. The average Bonchev–Trinajstić information content (AvgIpc) is 2.45.